The number of aromatic nitrogens is 3. The van der Waals surface area contributed by atoms with Crippen LogP contribution in [0.5, 0.6) is 0 Å². The lowest BCUT2D eigenvalue weighted by Crippen LogP contribution is -2.44. The number of nitrogens with one attached hydrogen (secondary N) is 6. The van der Waals surface area contributed by atoms with Crippen molar-refractivity contribution in [3.05, 3.63) is 95.3 Å². The molecule has 0 bridgehead atoms. The molecular formula is C33H35F4N9O2. The lowest BCUT2D eigenvalue weighted by Gasteiger charge is -2.21. The van der Waals surface area contributed by atoms with E-state index in [1.165, 1.54) is 31.4 Å². The Kier molecular flexibility index (Phi) is 11.2. The van der Waals surface area contributed by atoms with Crippen molar-refractivity contribution < 1.29 is 27.2 Å². The predicted octanol–water partition coefficient (Wildman–Crippen LogP) is 6.77. The molecule has 1 aromatic heterocycles. The maximum atomic E-state index is 13.3. The molecule has 1 heterocycles. The van der Waals surface area contributed by atoms with Gasteiger partial charge in [0.25, 0.3) is 0 Å². The molecule has 4 aromatic rings. The number of hydrogen-bond donors (Lipinski definition) is 6. The number of benzene rings is 3. The number of alkyl halides is 3. The van der Waals surface area contributed by atoms with Crippen LogP contribution in [0.25, 0.3) is 0 Å². The Labute approximate surface area is 274 Å². The zero-order chi connectivity index (χ0) is 33.9. The second kappa shape index (κ2) is 15.9. The van der Waals surface area contributed by atoms with E-state index in [1.54, 1.807) is 36.4 Å². The van der Waals surface area contributed by atoms with Gasteiger partial charge >= 0.3 is 12.2 Å². The van der Waals surface area contributed by atoms with E-state index in [0.29, 0.717) is 41.6 Å². The lowest BCUT2D eigenvalue weighted by atomic mass is 9.89. The van der Waals surface area contributed by atoms with Gasteiger partial charge in [-0.3, -0.25) is 10.2 Å². The third-order valence-corrected chi connectivity index (χ3v) is 7.63. The number of nitrogens with zero attached hydrogens (tertiary/aromatic N) is 3. The molecule has 1 saturated carbocycles. The highest BCUT2D eigenvalue weighted by molar-refractivity contribution is 5.91. The molecule has 0 aliphatic heterocycles. The third-order valence-electron chi connectivity index (χ3n) is 7.63. The molecule has 0 unspecified atom stereocenters. The normalized spacial score (nSPS) is 13.3. The second-order valence-corrected chi connectivity index (χ2v) is 11.4. The summed E-state index contributed by atoms with van der Waals surface area (Å²) in [6, 6.07) is 16.2. The van der Waals surface area contributed by atoms with Gasteiger partial charge in [-0.25, -0.2) is 14.6 Å². The van der Waals surface area contributed by atoms with Crippen molar-refractivity contribution in [3.8, 4) is 0 Å². The number of urea groups is 1. The molecule has 6 N–H and O–H groups in total. The molecule has 1 fully saturated rings. The molecule has 48 heavy (non-hydrogen) atoms. The Balaban J connectivity index is 1.14. The van der Waals surface area contributed by atoms with Crippen LogP contribution in [-0.4, -0.2) is 33.4 Å². The summed E-state index contributed by atoms with van der Waals surface area (Å²) in [6.45, 7) is 1.14. The molecular weight excluding hydrogens is 630 g/mol. The van der Waals surface area contributed by atoms with E-state index in [0.717, 1.165) is 49.2 Å². The number of anilines is 5. The fraction of sp³-hybridized carbons (Fsp3) is 0.303. The molecule has 0 atom stereocenters. The van der Waals surface area contributed by atoms with Crippen LogP contribution in [0.4, 0.5) is 51.6 Å². The van der Waals surface area contributed by atoms with E-state index >= 15 is 0 Å². The summed E-state index contributed by atoms with van der Waals surface area (Å²) in [4.78, 5) is 38.0. The highest BCUT2D eigenvalue weighted by Crippen LogP contribution is 2.30. The topological polar surface area (TPSA) is 145 Å². The Morgan fingerprint density at radius 3 is 1.98 bits per heavy atom. The van der Waals surface area contributed by atoms with Crippen LogP contribution >= 0.6 is 0 Å². The Bertz CT molecular complexity index is 1660. The van der Waals surface area contributed by atoms with Crippen molar-refractivity contribution in [2.45, 2.75) is 51.2 Å². The van der Waals surface area contributed by atoms with Gasteiger partial charge in [0.15, 0.2) is 0 Å². The number of carbonyl (C=O) groups is 2. The summed E-state index contributed by atoms with van der Waals surface area (Å²) >= 11 is 0. The number of amides is 3. The third kappa shape index (κ3) is 10.5. The molecule has 252 valence electrons. The average molecular weight is 666 g/mol. The van der Waals surface area contributed by atoms with Gasteiger partial charge in [0.05, 0.1) is 12.0 Å². The van der Waals surface area contributed by atoms with Crippen molar-refractivity contribution in [1.82, 2.24) is 25.8 Å². The number of carbonyl (C=O) groups excluding carboxylic acids is 2. The van der Waals surface area contributed by atoms with Crippen molar-refractivity contribution in [1.29, 1.82) is 0 Å². The van der Waals surface area contributed by atoms with Gasteiger partial charge in [-0.1, -0.05) is 43.5 Å². The van der Waals surface area contributed by atoms with Gasteiger partial charge in [-0.15, -0.1) is 0 Å². The van der Waals surface area contributed by atoms with E-state index < -0.39 is 23.7 Å². The van der Waals surface area contributed by atoms with Crippen molar-refractivity contribution in [3.63, 3.8) is 0 Å². The van der Waals surface area contributed by atoms with E-state index in [-0.39, 0.29) is 17.9 Å². The van der Waals surface area contributed by atoms with E-state index in [2.05, 4.69) is 47.1 Å². The van der Waals surface area contributed by atoms with Gasteiger partial charge in [-0.2, -0.15) is 28.1 Å². The first-order valence-corrected chi connectivity index (χ1v) is 15.5. The molecule has 5 rings (SSSR count). The SMILES string of the molecule is O=C(Cc1ccc(Nc2nc(NCc3ccc(F)cc3)nc(NCC3CCCCC3)n2)cc1)NNC(=O)Nc1ccc(C(F)(F)F)cc1. The fourth-order valence-electron chi connectivity index (χ4n) is 5.10. The minimum atomic E-state index is -4.49. The van der Waals surface area contributed by atoms with Crippen LogP contribution < -0.4 is 32.1 Å². The quantitative estimate of drug-likeness (QED) is 0.0761. The van der Waals surface area contributed by atoms with Gasteiger partial charge in [0.2, 0.25) is 23.8 Å². The standard InChI is InChI=1S/C33H35F4N9O2/c34-25-12-6-23(7-13-25)20-39-30-42-29(38-19-22-4-2-1-3-5-22)43-31(44-30)40-26-14-8-21(9-15-26)18-28(47)45-46-32(48)41-27-16-10-24(11-17-27)33(35,36)37/h6-17,22H,1-5,18-20H2,(H,45,47)(H2,41,46,48)(H3,38,39,40,42,43,44). The molecule has 1 aliphatic carbocycles. The van der Waals surface area contributed by atoms with Crippen molar-refractivity contribution >= 4 is 41.2 Å². The Hall–Kier alpha value is -5.47. The first kappa shape index (κ1) is 33.9. The monoisotopic (exact) mass is 665 g/mol. The van der Waals surface area contributed by atoms with E-state index in [1.807, 2.05) is 0 Å². The number of halogens is 4. The van der Waals surface area contributed by atoms with Crippen molar-refractivity contribution in [2.75, 3.05) is 27.8 Å². The first-order chi connectivity index (χ1) is 23.1. The van der Waals surface area contributed by atoms with Crippen LogP contribution in [0.3, 0.4) is 0 Å². The van der Waals surface area contributed by atoms with Crippen LogP contribution in [0.2, 0.25) is 0 Å². The van der Waals surface area contributed by atoms with Crippen LogP contribution in [0, 0.1) is 11.7 Å². The average Bonchev–Trinajstić information content (AvgIpc) is 3.07. The molecule has 0 radical (unpaired) electrons. The van der Waals surface area contributed by atoms with Crippen LogP contribution in [0.1, 0.15) is 48.8 Å². The summed E-state index contributed by atoms with van der Waals surface area (Å²) in [7, 11) is 0. The molecule has 0 saturated heterocycles. The maximum Gasteiger partial charge on any atom is 0.416 e. The van der Waals surface area contributed by atoms with E-state index in [9.17, 15) is 27.2 Å². The molecule has 15 heteroatoms. The summed E-state index contributed by atoms with van der Waals surface area (Å²) in [5, 5.41) is 12.0. The molecule has 3 aromatic carbocycles. The number of hydrazine groups is 1. The Morgan fingerprint density at radius 1 is 0.708 bits per heavy atom. The second-order valence-electron chi connectivity index (χ2n) is 11.4. The zero-order valence-electron chi connectivity index (χ0n) is 25.8. The summed E-state index contributed by atoms with van der Waals surface area (Å²) in [5.74, 6) is 0.780. The summed E-state index contributed by atoms with van der Waals surface area (Å²) in [5.41, 5.74) is 5.87. The van der Waals surface area contributed by atoms with Crippen LogP contribution in [-0.2, 0) is 23.9 Å². The first-order valence-electron chi connectivity index (χ1n) is 15.5. The molecule has 3 amide bonds. The molecule has 1 aliphatic rings. The maximum absolute atomic E-state index is 13.3. The number of hydrogen-bond acceptors (Lipinski definition) is 8. The highest BCUT2D eigenvalue weighted by Gasteiger charge is 2.30. The molecule has 11 nitrogen and oxygen atoms in total. The Morgan fingerprint density at radius 2 is 1.31 bits per heavy atom. The lowest BCUT2D eigenvalue weighted by molar-refractivity contribution is -0.137. The van der Waals surface area contributed by atoms with Crippen LogP contribution in [0.15, 0.2) is 72.8 Å². The summed E-state index contributed by atoms with van der Waals surface area (Å²) in [6.07, 6.45) is 1.48. The fourth-order valence-corrected chi connectivity index (χ4v) is 5.10. The van der Waals surface area contributed by atoms with Gasteiger partial charge in [-0.05, 0) is 78.4 Å². The largest absolute Gasteiger partial charge is 0.416 e. The predicted molar refractivity (Wildman–Crippen MR) is 174 cm³/mol. The van der Waals surface area contributed by atoms with Gasteiger partial charge in [0, 0.05) is 24.5 Å². The summed E-state index contributed by atoms with van der Waals surface area (Å²) < 4.78 is 51.5. The smallest absolute Gasteiger partial charge is 0.354 e. The van der Waals surface area contributed by atoms with E-state index in [4.69, 9.17) is 0 Å². The minimum absolute atomic E-state index is 0.0563. The van der Waals surface area contributed by atoms with Crippen molar-refractivity contribution in [2.24, 2.45) is 5.92 Å². The molecule has 0 spiro atoms. The zero-order valence-corrected chi connectivity index (χ0v) is 25.8. The van der Waals surface area contributed by atoms with Gasteiger partial charge in [0.1, 0.15) is 5.82 Å². The highest BCUT2D eigenvalue weighted by atomic mass is 19.4. The number of rotatable bonds is 11. The minimum Gasteiger partial charge on any atom is -0.354 e. The van der Waals surface area contributed by atoms with Gasteiger partial charge < -0.3 is 21.3 Å².